The molecule has 0 fully saturated rings. The van der Waals surface area contributed by atoms with Crippen LogP contribution in [0.1, 0.15) is 47.1 Å². The minimum absolute atomic E-state index is 0.140. The number of nitrogens with zero attached hydrogens (tertiary/aromatic N) is 3. The fraction of sp³-hybridized carbons (Fsp3) is 0.619. The van der Waals surface area contributed by atoms with Gasteiger partial charge in [0.1, 0.15) is 12.4 Å². The highest BCUT2D eigenvalue weighted by Crippen LogP contribution is 2.10. The van der Waals surface area contributed by atoms with Crippen LogP contribution in [-0.4, -0.2) is 47.8 Å². The molecule has 2 heterocycles. The fourth-order valence-corrected chi connectivity index (χ4v) is 1.68. The highest BCUT2D eigenvalue weighted by Gasteiger charge is 2.17. The maximum absolute atomic E-state index is 5.29. The molecule has 27 heavy (non-hydrogen) atoms. The molecule has 0 bridgehead atoms. The Morgan fingerprint density at radius 2 is 1.70 bits per heavy atom. The lowest BCUT2D eigenvalue weighted by molar-refractivity contribution is 0.00541. The van der Waals surface area contributed by atoms with Gasteiger partial charge < -0.3 is 14.2 Å². The number of ether oxygens (including phenoxy) is 3. The summed E-state index contributed by atoms with van der Waals surface area (Å²) < 4.78 is 17.3. The Hall–Kier alpha value is -1.92. The predicted octanol–water partition coefficient (Wildman–Crippen LogP) is 4.78. The lowest BCUT2D eigenvalue weighted by atomic mass is 10.1. The monoisotopic (exact) mass is 381 g/mol. The first kappa shape index (κ1) is 27.3. The minimum Gasteiger partial charge on any atom is -0.490 e. The number of rotatable bonds is 7. The Morgan fingerprint density at radius 1 is 1.04 bits per heavy atom. The maximum Gasteiger partial charge on any atom is 0.137 e. The molecule has 0 amide bonds. The Bertz CT molecular complexity index is 543. The highest BCUT2D eigenvalue weighted by atomic mass is 16.5. The van der Waals surface area contributed by atoms with Crippen LogP contribution in [0.3, 0.4) is 0 Å². The molecule has 0 radical (unpaired) electrons. The molecule has 2 rings (SSSR count). The van der Waals surface area contributed by atoms with Gasteiger partial charge in [-0.05, 0) is 38.5 Å². The molecule has 0 atom stereocenters. The molecule has 0 saturated carbocycles. The molecule has 0 aliphatic heterocycles. The minimum atomic E-state index is -0.140. The van der Waals surface area contributed by atoms with Crippen LogP contribution in [0.4, 0.5) is 0 Å². The number of aromatic nitrogens is 3. The standard InChI is InChI=1S/C9H16N2O.C8H11NO2.2C2H6/c1-8-5-10-11(6-8)7-9(2,3)12-4;1-10-5-6-11-8-3-2-4-9-7-8;2*1-2/h5-6H,7H2,1-4H3;2-4,7H,5-6H2,1H3;2*1-2H3. The summed E-state index contributed by atoms with van der Waals surface area (Å²) in [7, 11) is 3.36. The lowest BCUT2D eigenvalue weighted by Crippen LogP contribution is -2.29. The Kier molecular flexibility index (Phi) is 17.7. The zero-order chi connectivity index (χ0) is 21.1. The normalized spacial score (nSPS) is 9.67. The van der Waals surface area contributed by atoms with Gasteiger partial charge in [0, 0.05) is 26.6 Å². The van der Waals surface area contributed by atoms with Crippen molar-refractivity contribution in [1.29, 1.82) is 0 Å². The molecule has 0 saturated heterocycles. The first-order valence-electron chi connectivity index (χ1n) is 9.53. The summed E-state index contributed by atoms with van der Waals surface area (Å²) in [5, 5.41) is 4.19. The number of methoxy groups -OCH3 is 2. The van der Waals surface area contributed by atoms with Crippen molar-refractivity contribution in [1.82, 2.24) is 14.8 Å². The van der Waals surface area contributed by atoms with E-state index in [2.05, 4.69) is 10.1 Å². The molecule has 0 aliphatic carbocycles. The largest absolute Gasteiger partial charge is 0.490 e. The summed E-state index contributed by atoms with van der Waals surface area (Å²) in [6, 6.07) is 3.70. The van der Waals surface area contributed by atoms with Gasteiger partial charge in [0.15, 0.2) is 0 Å². The van der Waals surface area contributed by atoms with E-state index >= 15 is 0 Å². The zero-order valence-electron chi connectivity index (χ0n) is 18.7. The van der Waals surface area contributed by atoms with Crippen LogP contribution in [0.2, 0.25) is 0 Å². The fourth-order valence-electron chi connectivity index (χ4n) is 1.68. The number of hydrogen-bond acceptors (Lipinski definition) is 5. The van der Waals surface area contributed by atoms with Crippen molar-refractivity contribution >= 4 is 0 Å². The van der Waals surface area contributed by atoms with Gasteiger partial charge >= 0.3 is 0 Å². The summed E-state index contributed by atoms with van der Waals surface area (Å²) in [4.78, 5) is 3.90. The van der Waals surface area contributed by atoms with Gasteiger partial charge in [-0.1, -0.05) is 27.7 Å². The molecule has 156 valence electrons. The first-order chi connectivity index (χ1) is 13.0. The van der Waals surface area contributed by atoms with E-state index < -0.39 is 0 Å². The topological polar surface area (TPSA) is 58.4 Å². The second-order valence-electron chi connectivity index (χ2n) is 5.71. The molecule has 2 aromatic rings. The molecular formula is C21H39N3O3. The van der Waals surface area contributed by atoms with Crippen molar-refractivity contribution in [3.63, 3.8) is 0 Å². The SMILES string of the molecule is CC.CC.COC(C)(C)Cn1cc(C)cn1.COCCOc1cccnc1. The van der Waals surface area contributed by atoms with Crippen molar-refractivity contribution in [3.8, 4) is 5.75 Å². The van der Waals surface area contributed by atoms with Crippen LogP contribution in [0, 0.1) is 6.92 Å². The number of aryl methyl sites for hydroxylation is 1. The van der Waals surface area contributed by atoms with Crippen LogP contribution in [0.15, 0.2) is 36.9 Å². The molecule has 2 aromatic heterocycles. The third-order valence-electron chi connectivity index (χ3n) is 3.05. The summed E-state index contributed by atoms with van der Waals surface area (Å²) in [5.41, 5.74) is 1.04. The van der Waals surface area contributed by atoms with Gasteiger partial charge in [0.25, 0.3) is 0 Å². The zero-order valence-corrected chi connectivity index (χ0v) is 18.7. The Labute approximate surface area is 165 Å². The van der Waals surface area contributed by atoms with Gasteiger partial charge in [0.2, 0.25) is 0 Å². The molecule has 0 aromatic carbocycles. The molecule has 6 nitrogen and oxygen atoms in total. The van der Waals surface area contributed by atoms with Crippen LogP contribution >= 0.6 is 0 Å². The second-order valence-corrected chi connectivity index (χ2v) is 5.71. The van der Waals surface area contributed by atoms with E-state index in [1.807, 2.05) is 77.7 Å². The van der Waals surface area contributed by atoms with Crippen molar-refractivity contribution in [3.05, 3.63) is 42.5 Å². The molecule has 0 aliphatic rings. The molecule has 0 unspecified atom stereocenters. The molecule has 0 spiro atoms. The van der Waals surface area contributed by atoms with Crippen LogP contribution < -0.4 is 4.74 Å². The van der Waals surface area contributed by atoms with Crippen molar-refractivity contribution < 1.29 is 14.2 Å². The predicted molar refractivity (Wildman–Crippen MR) is 112 cm³/mol. The van der Waals surface area contributed by atoms with Crippen LogP contribution in [0.5, 0.6) is 5.75 Å². The second kappa shape index (κ2) is 17.5. The van der Waals surface area contributed by atoms with E-state index in [0.29, 0.717) is 13.2 Å². The summed E-state index contributed by atoms with van der Waals surface area (Å²) in [6.07, 6.45) is 7.26. The third kappa shape index (κ3) is 14.9. The lowest BCUT2D eigenvalue weighted by Gasteiger charge is -2.22. The van der Waals surface area contributed by atoms with E-state index in [0.717, 1.165) is 12.3 Å². The molecule has 6 heteroatoms. The summed E-state index contributed by atoms with van der Waals surface area (Å²) in [6.45, 7) is 16.1. The van der Waals surface area contributed by atoms with Crippen LogP contribution in [0.25, 0.3) is 0 Å². The van der Waals surface area contributed by atoms with Crippen molar-refractivity contribution in [2.24, 2.45) is 0 Å². The number of pyridine rings is 1. The number of hydrogen-bond donors (Lipinski definition) is 0. The van der Waals surface area contributed by atoms with Gasteiger partial charge in [-0.3, -0.25) is 9.67 Å². The molecule has 0 N–H and O–H groups in total. The van der Waals surface area contributed by atoms with E-state index in [1.165, 1.54) is 5.56 Å². The average Bonchev–Trinajstić information content (AvgIpc) is 3.10. The summed E-state index contributed by atoms with van der Waals surface area (Å²) >= 11 is 0. The third-order valence-corrected chi connectivity index (χ3v) is 3.05. The quantitative estimate of drug-likeness (QED) is 0.646. The Balaban J connectivity index is 0. The van der Waals surface area contributed by atoms with E-state index in [1.54, 1.807) is 26.6 Å². The van der Waals surface area contributed by atoms with Gasteiger partial charge in [0.05, 0.1) is 31.1 Å². The van der Waals surface area contributed by atoms with Gasteiger partial charge in [-0.15, -0.1) is 0 Å². The Morgan fingerprint density at radius 3 is 2.15 bits per heavy atom. The average molecular weight is 382 g/mol. The van der Waals surface area contributed by atoms with Crippen molar-refractivity contribution in [2.45, 2.75) is 60.6 Å². The van der Waals surface area contributed by atoms with Gasteiger partial charge in [-0.2, -0.15) is 5.10 Å². The molecular weight excluding hydrogens is 342 g/mol. The summed E-state index contributed by atoms with van der Waals surface area (Å²) in [5.74, 6) is 0.782. The van der Waals surface area contributed by atoms with Crippen molar-refractivity contribution in [2.75, 3.05) is 27.4 Å². The van der Waals surface area contributed by atoms with Crippen LogP contribution in [-0.2, 0) is 16.0 Å². The van der Waals surface area contributed by atoms with E-state index in [4.69, 9.17) is 14.2 Å². The maximum atomic E-state index is 5.29. The smallest absolute Gasteiger partial charge is 0.137 e. The first-order valence-corrected chi connectivity index (χ1v) is 9.53. The van der Waals surface area contributed by atoms with E-state index in [9.17, 15) is 0 Å². The highest BCUT2D eigenvalue weighted by molar-refractivity contribution is 5.15. The van der Waals surface area contributed by atoms with Gasteiger partial charge in [-0.25, -0.2) is 0 Å². The van der Waals surface area contributed by atoms with E-state index in [-0.39, 0.29) is 5.60 Å².